The maximum Gasteiger partial charge on any atom is 0.239 e. The van der Waals surface area contributed by atoms with Crippen LogP contribution < -0.4 is 5.32 Å². The van der Waals surface area contributed by atoms with E-state index in [-0.39, 0.29) is 11.2 Å². The Morgan fingerprint density at radius 3 is 2.82 bits per heavy atom. The minimum atomic E-state index is -0.140. The number of rotatable bonds is 4. The number of amides is 1. The molecule has 1 atom stereocenters. The zero-order valence-corrected chi connectivity index (χ0v) is 13.7. The van der Waals surface area contributed by atoms with Crippen molar-refractivity contribution in [2.75, 3.05) is 0 Å². The number of carbonyl (C=O) groups excluding carboxylic acids is 1. The lowest BCUT2D eigenvalue weighted by Gasteiger charge is -2.05. The Hall–Kier alpha value is -1.92. The first-order chi connectivity index (χ1) is 10.7. The fourth-order valence-electron chi connectivity index (χ4n) is 2.03. The van der Waals surface area contributed by atoms with Crippen LogP contribution >= 0.6 is 23.1 Å². The van der Waals surface area contributed by atoms with Crippen molar-refractivity contribution in [1.29, 1.82) is 0 Å². The molecule has 112 valence electrons. The molecule has 6 heteroatoms. The number of thiophene rings is 1. The Kier molecular flexibility index (Phi) is 4.70. The number of carbonyl (C=O) groups is 1. The zero-order valence-electron chi connectivity index (χ0n) is 12.0. The van der Waals surface area contributed by atoms with Gasteiger partial charge in [0.25, 0.3) is 0 Å². The molecule has 1 aromatic carbocycles. The van der Waals surface area contributed by atoms with Crippen LogP contribution in [0.3, 0.4) is 0 Å². The summed E-state index contributed by atoms with van der Waals surface area (Å²) in [7, 11) is 0. The zero-order chi connectivity index (χ0) is 15.4. The quantitative estimate of drug-likeness (QED) is 0.692. The Balaban J connectivity index is 1.61. The van der Waals surface area contributed by atoms with Gasteiger partial charge in [-0.2, -0.15) is 5.10 Å². The molecule has 22 heavy (non-hydrogen) atoms. The molecule has 0 saturated carbocycles. The van der Waals surface area contributed by atoms with E-state index in [1.165, 1.54) is 17.3 Å². The van der Waals surface area contributed by atoms with E-state index in [0.29, 0.717) is 11.6 Å². The number of aryl methyl sites for hydroxylation is 1. The molecule has 0 aliphatic carbocycles. The van der Waals surface area contributed by atoms with Crippen LogP contribution in [-0.2, 0) is 11.2 Å². The normalized spacial score (nSPS) is 20.0. The molecule has 1 aliphatic rings. The van der Waals surface area contributed by atoms with Gasteiger partial charge >= 0.3 is 0 Å². The van der Waals surface area contributed by atoms with Crippen molar-refractivity contribution in [1.82, 2.24) is 5.32 Å². The van der Waals surface area contributed by atoms with Crippen LogP contribution in [0.5, 0.6) is 0 Å². The second-order valence-corrected chi connectivity index (χ2v) is 7.12. The predicted octanol–water partition coefficient (Wildman–Crippen LogP) is 3.22. The second-order valence-electron chi connectivity index (χ2n) is 4.95. The monoisotopic (exact) mass is 329 g/mol. The van der Waals surface area contributed by atoms with Crippen LogP contribution in [0.15, 0.2) is 52.0 Å². The van der Waals surface area contributed by atoms with Crippen LogP contribution in [-0.4, -0.2) is 22.5 Å². The van der Waals surface area contributed by atoms with Crippen molar-refractivity contribution in [3.63, 3.8) is 0 Å². The SMILES string of the molecule is Cc1ccc(CC2S/C(=N/N=Cc3cccs3)NC2=O)cc1. The maximum atomic E-state index is 12.0. The third-order valence-corrected chi connectivity index (χ3v) is 5.07. The number of nitrogens with zero attached hydrogens (tertiary/aromatic N) is 2. The fraction of sp³-hybridized carbons (Fsp3) is 0.188. The summed E-state index contributed by atoms with van der Waals surface area (Å²) in [5.74, 6) is -0.00403. The van der Waals surface area contributed by atoms with E-state index in [4.69, 9.17) is 0 Å². The predicted molar refractivity (Wildman–Crippen MR) is 93.8 cm³/mol. The van der Waals surface area contributed by atoms with Gasteiger partial charge in [-0.25, -0.2) is 0 Å². The average Bonchev–Trinajstić information content (AvgIpc) is 3.12. The van der Waals surface area contributed by atoms with E-state index in [9.17, 15) is 4.79 Å². The van der Waals surface area contributed by atoms with Crippen LogP contribution in [0.4, 0.5) is 0 Å². The molecular weight excluding hydrogens is 314 g/mol. The lowest BCUT2D eigenvalue weighted by atomic mass is 10.1. The standard InChI is InChI=1S/C16H15N3OS2/c1-11-4-6-12(7-5-11)9-14-15(20)18-16(22-14)19-17-10-13-3-2-8-21-13/h2-8,10,14H,9H2,1H3,(H,18,19,20). The first-order valence-corrected chi connectivity index (χ1v) is 8.64. The average molecular weight is 329 g/mol. The molecule has 1 N–H and O–H groups in total. The molecule has 1 saturated heterocycles. The number of hydrogen-bond donors (Lipinski definition) is 1. The third kappa shape index (κ3) is 3.84. The summed E-state index contributed by atoms with van der Waals surface area (Å²) >= 11 is 3.03. The molecule has 1 aromatic heterocycles. The summed E-state index contributed by atoms with van der Waals surface area (Å²) in [4.78, 5) is 13.0. The Bertz CT molecular complexity index is 706. The third-order valence-electron chi connectivity index (χ3n) is 3.19. The Morgan fingerprint density at radius 2 is 2.09 bits per heavy atom. The largest absolute Gasteiger partial charge is 0.303 e. The highest BCUT2D eigenvalue weighted by molar-refractivity contribution is 8.15. The van der Waals surface area contributed by atoms with Crippen molar-refractivity contribution >= 4 is 40.4 Å². The van der Waals surface area contributed by atoms with Gasteiger partial charge in [0, 0.05) is 4.88 Å². The number of amidine groups is 1. The molecule has 0 bridgehead atoms. The molecule has 0 spiro atoms. The number of hydrogen-bond acceptors (Lipinski definition) is 5. The van der Waals surface area contributed by atoms with Crippen molar-refractivity contribution in [3.05, 3.63) is 57.8 Å². The van der Waals surface area contributed by atoms with Gasteiger partial charge in [0.15, 0.2) is 5.17 Å². The van der Waals surface area contributed by atoms with Crippen molar-refractivity contribution in [3.8, 4) is 0 Å². The highest BCUT2D eigenvalue weighted by Crippen LogP contribution is 2.23. The minimum absolute atomic E-state index is 0.00403. The first kappa shape index (κ1) is 15.0. The lowest BCUT2D eigenvalue weighted by Crippen LogP contribution is -2.25. The van der Waals surface area contributed by atoms with Crippen molar-refractivity contribution in [2.24, 2.45) is 10.2 Å². The summed E-state index contributed by atoms with van der Waals surface area (Å²) in [6, 6.07) is 12.2. The Labute approximate surface area is 137 Å². The van der Waals surface area contributed by atoms with Crippen LogP contribution in [0, 0.1) is 6.92 Å². The molecule has 1 amide bonds. The first-order valence-electron chi connectivity index (χ1n) is 6.88. The molecule has 4 nitrogen and oxygen atoms in total. The molecule has 1 aliphatic heterocycles. The van der Waals surface area contributed by atoms with Gasteiger partial charge in [-0.15, -0.1) is 16.4 Å². The number of benzene rings is 1. The number of thioether (sulfide) groups is 1. The number of nitrogens with one attached hydrogen (secondary N) is 1. The fourth-order valence-corrected chi connectivity index (χ4v) is 3.57. The molecular formula is C16H15N3OS2. The lowest BCUT2D eigenvalue weighted by molar-refractivity contribution is -0.118. The second kappa shape index (κ2) is 6.89. The topological polar surface area (TPSA) is 53.8 Å². The summed E-state index contributed by atoms with van der Waals surface area (Å²) in [5.41, 5.74) is 2.37. The summed E-state index contributed by atoms with van der Waals surface area (Å²) in [5, 5.41) is 13.3. The molecule has 1 unspecified atom stereocenters. The highest BCUT2D eigenvalue weighted by Gasteiger charge is 2.30. The van der Waals surface area contributed by atoms with Crippen molar-refractivity contribution < 1.29 is 4.79 Å². The van der Waals surface area contributed by atoms with Gasteiger partial charge in [0.1, 0.15) is 0 Å². The van der Waals surface area contributed by atoms with Gasteiger partial charge in [-0.1, -0.05) is 47.7 Å². The van der Waals surface area contributed by atoms with Gasteiger partial charge in [-0.05, 0) is 30.4 Å². The minimum Gasteiger partial charge on any atom is -0.303 e. The highest BCUT2D eigenvalue weighted by atomic mass is 32.2. The molecule has 2 heterocycles. The van der Waals surface area contributed by atoms with E-state index in [1.807, 2.05) is 17.5 Å². The smallest absolute Gasteiger partial charge is 0.239 e. The molecule has 0 radical (unpaired) electrons. The molecule has 2 aromatic rings. The van der Waals surface area contributed by atoms with E-state index >= 15 is 0 Å². The maximum absolute atomic E-state index is 12.0. The molecule has 1 fully saturated rings. The van der Waals surface area contributed by atoms with Crippen LogP contribution in [0.2, 0.25) is 0 Å². The van der Waals surface area contributed by atoms with Crippen molar-refractivity contribution in [2.45, 2.75) is 18.6 Å². The molecule has 3 rings (SSSR count). The summed E-state index contributed by atoms with van der Waals surface area (Å²) in [6.45, 7) is 2.05. The van der Waals surface area contributed by atoms with Gasteiger partial charge in [0.2, 0.25) is 5.91 Å². The van der Waals surface area contributed by atoms with Gasteiger partial charge in [0.05, 0.1) is 11.5 Å². The van der Waals surface area contributed by atoms with E-state index in [1.54, 1.807) is 17.6 Å². The van der Waals surface area contributed by atoms with E-state index < -0.39 is 0 Å². The van der Waals surface area contributed by atoms with Gasteiger partial charge in [-0.3, -0.25) is 4.79 Å². The van der Waals surface area contributed by atoms with Gasteiger partial charge < -0.3 is 5.32 Å². The summed E-state index contributed by atoms with van der Waals surface area (Å²) < 4.78 is 0. The van der Waals surface area contributed by atoms with E-state index in [0.717, 1.165) is 10.4 Å². The van der Waals surface area contributed by atoms with Crippen LogP contribution in [0.25, 0.3) is 0 Å². The van der Waals surface area contributed by atoms with Crippen LogP contribution in [0.1, 0.15) is 16.0 Å². The summed E-state index contributed by atoms with van der Waals surface area (Å²) in [6.07, 6.45) is 2.39. The van der Waals surface area contributed by atoms with E-state index in [2.05, 4.69) is 46.7 Å². The Morgan fingerprint density at radius 1 is 1.27 bits per heavy atom.